The van der Waals surface area contributed by atoms with Gasteiger partial charge in [-0.1, -0.05) is 31.6 Å². The number of rotatable bonds is 8. The first kappa shape index (κ1) is 24.1. The first-order valence-corrected chi connectivity index (χ1v) is 10.9. The standard InChI is InChI=1S/C20H40B4O4/c1-12-14-15(13-2)20(11,21-23-25-16(3,4)17(5,6)26-23)22-24-27-18(7,8)19(9,10)28-24/h12,15,21-22H,1,13-14H2,2-11H3. The van der Waals surface area contributed by atoms with E-state index in [0.29, 0.717) is 5.92 Å². The van der Waals surface area contributed by atoms with Crippen molar-refractivity contribution >= 4 is 28.4 Å². The van der Waals surface area contributed by atoms with Gasteiger partial charge in [0.05, 0.1) is 22.4 Å². The van der Waals surface area contributed by atoms with Crippen LogP contribution >= 0.6 is 0 Å². The van der Waals surface area contributed by atoms with Crippen molar-refractivity contribution in [2.24, 2.45) is 5.92 Å². The van der Waals surface area contributed by atoms with E-state index in [1.807, 2.05) is 6.08 Å². The molecule has 28 heavy (non-hydrogen) atoms. The molecule has 0 aromatic rings. The molecule has 2 heterocycles. The number of hydrogen-bond donors (Lipinski definition) is 0. The van der Waals surface area contributed by atoms with Gasteiger partial charge in [0.1, 0.15) is 0 Å². The molecule has 0 aromatic carbocycles. The fraction of sp³-hybridized carbons (Fsp3) is 0.900. The first-order valence-electron chi connectivity index (χ1n) is 10.9. The average molecular weight is 388 g/mol. The largest absolute Gasteiger partial charge is 0.410 e. The lowest BCUT2D eigenvalue weighted by Crippen LogP contribution is -2.48. The van der Waals surface area contributed by atoms with Crippen LogP contribution in [0.25, 0.3) is 0 Å². The molecule has 2 saturated heterocycles. The van der Waals surface area contributed by atoms with Gasteiger partial charge in [-0.15, -0.1) is 6.58 Å². The summed E-state index contributed by atoms with van der Waals surface area (Å²) in [7, 11) is 1.18. The normalized spacial score (nSPS) is 26.2. The van der Waals surface area contributed by atoms with E-state index in [-0.39, 0.29) is 41.6 Å². The zero-order valence-corrected chi connectivity index (χ0v) is 20.0. The van der Waals surface area contributed by atoms with Crippen LogP contribution in [-0.4, -0.2) is 50.8 Å². The third-order valence-corrected chi connectivity index (χ3v) is 7.80. The molecular weight excluding hydrogens is 347 g/mol. The predicted molar refractivity (Wildman–Crippen MR) is 123 cm³/mol. The molecule has 8 heteroatoms. The second-order valence-electron chi connectivity index (χ2n) is 11.1. The third kappa shape index (κ3) is 4.61. The summed E-state index contributed by atoms with van der Waals surface area (Å²) in [6, 6.07) is 0. The van der Waals surface area contributed by atoms with Crippen molar-refractivity contribution in [3.05, 3.63) is 12.7 Å². The van der Waals surface area contributed by atoms with Gasteiger partial charge >= 0.3 is 14.0 Å². The van der Waals surface area contributed by atoms with Gasteiger partial charge in [-0.05, 0) is 67.7 Å². The van der Waals surface area contributed by atoms with Gasteiger partial charge in [0.15, 0.2) is 14.3 Å². The van der Waals surface area contributed by atoms with E-state index >= 15 is 0 Å². The summed E-state index contributed by atoms with van der Waals surface area (Å²) in [5.41, 5.74) is -1.27. The average Bonchev–Trinajstić information content (AvgIpc) is 2.81. The molecule has 0 aliphatic carbocycles. The van der Waals surface area contributed by atoms with Crippen LogP contribution < -0.4 is 0 Å². The van der Waals surface area contributed by atoms with Crippen LogP contribution in [0.15, 0.2) is 12.7 Å². The Morgan fingerprint density at radius 3 is 1.39 bits per heavy atom. The van der Waals surface area contributed by atoms with Crippen molar-refractivity contribution < 1.29 is 18.6 Å². The molecule has 1 unspecified atom stereocenters. The molecule has 4 nitrogen and oxygen atoms in total. The lowest BCUT2D eigenvalue weighted by atomic mass is 9.12. The van der Waals surface area contributed by atoms with Crippen LogP contribution in [0.3, 0.4) is 0 Å². The maximum Gasteiger partial charge on any atom is 0.402 e. The van der Waals surface area contributed by atoms with Gasteiger partial charge in [-0.25, -0.2) is 0 Å². The minimum Gasteiger partial charge on any atom is -0.410 e. The van der Waals surface area contributed by atoms with Crippen molar-refractivity contribution in [2.45, 2.75) is 110 Å². The summed E-state index contributed by atoms with van der Waals surface area (Å²) >= 11 is 0. The molecule has 2 aliphatic heterocycles. The van der Waals surface area contributed by atoms with E-state index in [1.165, 1.54) is 0 Å². The lowest BCUT2D eigenvalue weighted by Gasteiger charge is -2.37. The van der Waals surface area contributed by atoms with Crippen molar-refractivity contribution in [3.63, 3.8) is 0 Å². The third-order valence-electron chi connectivity index (χ3n) is 7.80. The molecule has 0 bridgehead atoms. The Kier molecular flexibility index (Phi) is 6.74. The Bertz CT molecular complexity index is 507. The van der Waals surface area contributed by atoms with E-state index in [0.717, 1.165) is 27.2 Å². The highest BCUT2D eigenvalue weighted by Crippen LogP contribution is 2.45. The van der Waals surface area contributed by atoms with Gasteiger partial charge < -0.3 is 18.6 Å². The Morgan fingerprint density at radius 1 is 0.821 bits per heavy atom. The molecule has 2 fully saturated rings. The summed E-state index contributed by atoms with van der Waals surface area (Å²) in [5.74, 6) is 0.461. The molecule has 2 aliphatic rings. The predicted octanol–water partition coefficient (Wildman–Crippen LogP) is 3.78. The molecule has 0 amide bonds. The second-order valence-corrected chi connectivity index (χ2v) is 11.1. The maximum absolute atomic E-state index is 6.35. The van der Waals surface area contributed by atoms with Crippen LogP contribution in [-0.2, 0) is 18.6 Å². The van der Waals surface area contributed by atoms with E-state index in [2.05, 4.69) is 75.8 Å². The number of allylic oxidation sites excluding steroid dienone is 1. The van der Waals surface area contributed by atoms with Crippen molar-refractivity contribution in [3.8, 4) is 0 Å². The van der Waals surface area contributed by atoms with Crippen molar-refractivity contribution in [1.82, 2.24) is 0 Å². The van der Waals surface area contributed by atoms with Crippen LogP contribution in [0.4, 0.5) is 0 Å². The van der Waals surface area contributed by atoms with E-state index in [9.17, 15) is 0 Å². The van der Waals surface area contributed by atoms with Crippen molar-refractivity contribution in [2.75, 3.05) is 0 Å². The molecule has 1 atom stereocenters. The minimum absolute atomic E-state index is 0.0503. The zero-order chi connectivity index (χ0) is 21.6. The molecule has 0 aromatic heterocycles. The Hall–Kier alpha value is -0.160. The highest BCUT2D eigenvalue weighted by Gasteiger charge is 2.57. The zero-order valence-electron chi connectivity index (χ0n) is 20.0. The monoisotopic (exact) mass is 388 g/mol. The highest BCUT2D eigenvalue weighted by atomic mass is 16.7. The van der Waals surface area contributed by atoms with Crippen molar-refractivity contribution in [1.29, 1.82) is 0 Å². The van der Waals surface area contributed by atoms with Crippen LogP contribution in [0.2, 0.25) is 5.21 Å². The molecule has 2 rings (SSSR count). The van der Waals surface area contributed by atoms with Crippen LogP contribution in [0.1, 0.15) is 82.1 Å². The van der Waals surface area contributed by atoms with E-state index in [4.69, 9.17) is 18.6 Å². The molecule has 0 radical (unpaired) electrons. The van der Waals surface area contributed by atoms with Gasteiger partial charge in [0, 0.05) is 0 Å². The fourth-order valence-electron chi connectivity index (χ4n) is 4.42. The maximum atomic E-state index is 6.35. The summed E-state index contributed by atoms with van der Waals surface area (Å²) in [5, 5.41) is -0.0503. The molecule has 0 N–H and O–H groups in total. The first-order chi connectivity index (χ1) is 12.6. The Labute approximate surface area is 175 Å². The number of hydrogen-bond acceptors (Lipinski definition) is 4. The minimum atomic E-state index is -0.316. The smallest absolute Gasteiger partial charge is 0.402 e. The second kappa shape index (κ2) is 7.83. The van der Waals surface area contributed by atoms with Gasteiger partial charge in [0.2, 0.25) is 0 Å². The summed E-state index contributed by atoms with van der Waals surface area (Å²) in [4.78, 5) is 0. The Morgan fingerprint density at radius 2 is 1.14 bits per heavy atom. The SMILES string of the molecule is C=CCC(CC)C(C)(BB1OC(C)(C)C(C)(C)O1)BB1OC(C)(C)C(C)(C)O1. The topological polar surface area (TPSA) is 36.9 Å². The quantitative estimate of drug-likeness (QED) is 0.469. The molecule has 0 spiro atoms. The molecule has 156 valence electrons. The highest BCUT2D eigenvalue weighted by molar-refractivity contribution is 7.18. The van der Waals surface area contributed by atoms with Gasteiger partial charge in [-0.3, -0.25) is 0 Å². The van der Waals surface area contributed by atoms with E-state index < -0.39 is 0 Å². The molecule has 0 saturated carbocycles. The van der Waals surface area contributed by atoms with E-state index in [1.54, 1.807) is 0 Å². The lowest BCUT2D eigenvalue weighted by molar-refractivity contribution is 0.00578. The van der Waals surface area contributed by atoms with Gasteiger partial charge in [-0.2, -0.15) is 0 Å². The van der Waals surface area contributed by atoms with Crippen LogP contribution in [0, 0.1) is 5.92 Å². The molecular formula is C20H40B4O4. The Balaban J connectivity index is 2.23. The fourth-order valence-corrected chi connectivity index (χ4v) is 4.42. The summed E-state index contributed by atoms with van der Waals surface area (Å²) < 4.78 is 25.4. The van der Waals surface area contributed by atoms with Crippen LogP contribution in [0.5, 0.6) is 0 Å². The summed E-state index contributed by atoms with van der Waals surface area (Å²) in [6.07, 6.45) is 4.06. The summed E-state index contributed by atoms with van der Waals surface area (Å²) in [6.45, 7) is 25.5. The van der Waals surface area contributed by atoms with Gasteiger partial charge in [0.25, 0.3) is 0 Å².